The Hall–Kier alpha value is -1.59. The summed E-state index contributed by atoms with van der Waals surface area (Å²) in [5.74, 6) is 0. The van der Waals surface area contributed by atoms with Gasteiger partial charge in [0.05, 0.1) is 11.0 Å². The van der Waals surface area contributed by atoms with Crippen LogP contribution in [0.4, 0.5) is 0 Å². The number of rotatable bonds is 2. The van der Waals surface area contributed by atoms with Crippen LogP contribution in [0.5, 0.6) is 0 Å². The van der Waals surface area contributed by atoms with Crippen molar-refractivity contribution in [3.63, 3.8) is 0 Å². The van der Waals surface area contributed by atoms with Crippen molar-refractivity contribution in [1.29, 1.82) is 0 Å². The molecule has 0 amide bonds. The molecule has 3 rings (SSSR count). The van der Waals surface area contributed by atoms with Gasteiger partial charge in [0.1, 0.15) is 0 Å². The van der Waals surface area contributed by atoms with Crippen molar-refractivity contribution in [2.24, 2.45) is 0 Å². The Morgan fingerprint density at radius 2 is 1.90 bits per heavy atom. The highest BCUT2D eigenvalue weighted by atomic mass is 32.2. The second-order valence-electron chi connectivity index (χ2n) is 5.26. The summed E-state index contributed by atoms with van der Waals surface area (Å²) in [5, 5.41) is 9.98. The fourth-order valence-electron chi connectivity index (χ4n) is 2.76. The van der Waals surface area contributed by atoms with Gasteiger partial charge in [0.15, 0.2) is 9.84 Å². The van der Waals surface area contributed by atoms with Gasteiger partial charge in [-0.2, -0.15) is 0 Å². The third-order valence-corrected chi connectivity index (χ3v) is 4.95. The summed E-state index contributed by atoms with van der Waals surface area (Å²) in [7, 11) is -3.16. The summed E-state index contributed by atoms with van der Waals surface area (Å²) in [5.41, 5.74) is 3.03. The van der Waals surface area contributed by atoms with E-state index in [4.69, 9.17) is 0 Å². The smallest absolute Gasteiger partial charge is 0.175 e. The normalized spacial score (nSPS) is 18.8. The van der Waals surface area contributed by atoms with Crippen molar-refractivity contribution < 1.29 is 13.5 Å². The number of aliphatic hydroxyl groups excluding tert-OH is 1. The molecule has 0 saturated carbocycles. The highest BCUT2D eigenvalue weighted by Gasteiger charge is 2.21. The molecule has 1 unspecified atom stereocenters. The molecule has 1 N–H and O–H groups in total. The van der Waals surface area contributed by atoms with Gasteiger partial charge in [-0.3, -0.25) is 0 Å². The second-order valence-corrected chi connectivity index (χ2v) is 7.28. The van der Waals surface area contributed by atoms with Crippen molar-refractivity contribution in [2.75, 3.05) is 6.26 Å². The van der Waals surface area contributed by atoms with E-state index in [0.29, 0.717) is 4.90 Å². The average Bonchev–Trinajstić information content (AvgIpc) is 2.83. The lowest BCUT2D eigenvalue weighted by atomic mass is 9.95. The number of benzene rings is 1. The minimum Gasteiger partial charge on any atom is -0.388 e. The van der Waals surface area contributed by atoms with Gasteiger partial charge < -0.3 is 9.67 Å². The molecule has 106 valence electrons. The van der Waals surface area contributed by atoms with Gasteiger partial charge in [0.25, 0.3) is 0 Å². The molecule has 0 spiro atoms. The zero-order valence-corrected chi connectivity index (χ0v) is 12.1. The van der Waals surface area contributed by atoms with Crippen LogP contribution in [0.25, 0.3) is 5.69 Å². The van der Waals surface area contributed by atoms with Crippen LogP contribution in [0.2, 0.25) is 0 Å². The molecule has 20 heavy (non-hydrogen) atoms. The topological polar surface area (TPSA) is 59.3 Å². The maximum atomic E-state index is 11.5. The Balaban J connectivity index is 2.02. The quantitative estimate of drug-likeness (QED) is 0.923. The summed E-state index contributed by atoms with van der Waals surface area (Å²) in [6, 6.07) is 8.80. The van der Waals surface area contributed by atoms with Gasteiger partial charge in [-0.25, -0.2) is 8.42 Å². The van der Waals surface area contributed by atoms with Crippen LogP contribution < -0.4 is 0 Å². The van der Waals surface area contributed by atoms with Gasteiger partial charge in [-0.15, -0.1) is 0 Å². The lowest BCUT2D eigenvalue weighted by Gasteiger charge is -2.20. The zero-order chi connectivity index (χ0) is 14.3. The van der Waals surface area contributed by atoms with Crippen molar-refractivity contribution in [1.82, 2.24) is 4.57 Å². The van der Waals surface area contributed by atoms with E-state index in [2.05, 4.69) is 0 Å². The number of aliphatic hydroxyl groups is 1. The lowest BCUT2D eigenvalue weighted by Crippen LogP contribution is -2.11. The molecule has 1 aliphatic rings. The number of fused-ring (bicyclic) bond motifs is 1. The fourth-order valence-corrected chi connectivity index (χ4v) is 3.39. The molecule has 4 nitrogen and oxygen atoms in total. The Morgan fingerprint density at radius 1 is 1.20 bits per heavy atom. The van der Waals surface area contributed by atoms with Gasteiger partial charge in [0, 0.05) is 29.4 Å². The van der Waals surface area contributed by atoms with E-state index in [0.717, 1.165) is 36.2 Å². The number of aromatic nitrogens is 1. The number of hydrogen-bond donors (Lipinski definition) is 1. The minimum absolute atomic E-state index is 0.322. The molecule has 0 fully saturated rings. The van der Waals surface area contributed by atoms with E-state index in [1.54, 1.807) is 24.3 Å². The second kappa shape index (κ2) is 4.75. The van der Waals surface area contributed by atoms with Crippen LogP contribution in [0.3, 0.4) is 0 Å². The summed E-state index contributed by atoms with van der Waals surface area (Å²) in [6.45, 7) is 0. The minimum atomic E-state index is -3.16. The Labute approximate surface area is 118 Å². The predicted molar refractivity (Wildman–Crippen MR) is 76.8 cm³/mol. The fraction of sp³-hybridized carbons (Fsp3) is 0.333. The highest BCUT2D eigenvalue weighted by molar-refractivity contribution is 7.90. The van der Waals surface area contributed by atoms with Crippen molar-refractivity contribution in [2.45, 2.75) is 30.3 Å². The van der Waals surface area contributed by atoms with Crippen LogP contribution in [-0.2, 0) is 16.3 Å². The Kier molecular flexibility index (Phi) is 3.18. The molecule has 2 aromatic rings. The first-order valence-corrected chi connectivity index (χ1v) is 8.54. The van der Waals surface area contributed by atoms with Gasteiger partial charge >= 0.3 is 0 Å². The standard InChI is InChI=1S/C15H17NO3S/c1-20(18,19)12-7-5-11(6-8-12)16-10-9-13-14(16)3-2-4-15(13)17/h5-10,15,17H,2-4H2,1H3. The van der Waals surface area contributed by atoms with E-state index in [1.165, 1.54) is 6.26 Å². The number of nitrogens with zero attached hydrogens (tertiary/aromatic N) is 1. The first-order chi connectivity index (χ1) is 9.47. The maximum absolute atomic E-state index is 11.5. The summed E-state index contributed by atoms with van der Waals surface area (Å²) in [4.78, 5) is 0.322. The molecule has 0 saturated heterocycles. The van der Waals surface area contributed by atoms with Crippen LogP contribution in [0, 0.1) is 0 Å². The Bertz CT molecular complexity index is 729. The monoisotopic (exact) mass is 291 g/mol. The van der Waals surface area contributed by atoms with Gasteiger partial charge in [-0.05, 0) is 49.6 Å². The predicted octanol–water partition coefficient (Wildman–Crippen LogP) is 2.25. The lowest BCUT2D eigenvalue weighted by molar-refractivity contribution is 0.156. The molecule has 1 aromatic heterocycles. The summed E-state index contributed by atoms with van der Waals surface area (Å²) >= 11 is 0. The van der Waals surface area contributed by atoms with Crippen LogP contribution in [-0.4, -0.2) is 24.3 Å². The van der Waals surface area contributed by atoms with Gasteiger partial charge in [-0.1, -0.05) is 0 Å². The van der Waals surface area contributed by atoms with E-state index < -0.39 is 9.84 Å². The van der Waals surface area contributed by atoms with Crippen molar-refractivity contribution in [3.05, 3.63) is 47.8 Å². The van der Waals surface area contributed by atoms with Crippen molar-refractivity contribution in [3.8, 4) is 5.69 Å². The van der Waals surface area contributed by atoms with Crippen LogP contribution in [0.1, 0.15) is 30.2 Å². The van der Waals surface area contributed by atoms with E-state index in [1.807, 2.05) is 16.8 Å². The molecule has 5 heteroatoms. The largest absolute Gasteiger partial charge is 0.388 e. The first-order valence-electron chi connectivity index (χ1n) is 6.65. The van der Waals surface area contributed by atoms with E-state index in [-0.39, 0.29) is 6.10 Å². The molecule has 1 aliphatic carbocycles. The molecule has 0 bridgehead atoms. The molecule has 0 aliphatic heterocycles. The molecular weight excluding hydrogens is 274 g/mol. The molecule has 1 heterocycles. The van der Waals surface area contributed by atoms with E-state index >= 15 is 0 Å². The van der Waals surface area contributed by atoms with Crippen LogP contribution in [0.15, 0.2) is 41.4 Å². The number of hydrogen-bond acceptors (Lipinski definition) is 3. The molecular formula is C15H17NO3S. The maximum Gasteiger partial charge on any atom is 0.175 e. The van der Waals surface area contributed by atoms with E-state index in [9.17, 15) is 13.5 Å². The Morgan fingerprint density at radius 3 is 2.55 bits per heavy atom. The average molecular weight is 291 g/mol. The third-order valence-electron chi connectivity index (χ3n) is 3.82. The van der Waals surface area contributed by atoms with Crippen LogP contribution >= 0.6 is 0 Å². The molecule has 0 radical (unpaired) electrons. The van der Waals surface area contributed by atoms with Crippen molar-refractivity contribution >= 4 is 9.84 Å². The summed E-state index contributed by atoms with van der Waals surface area (Å²) in [6.07, 6.45) is 5.48. The number of sulfone groups is 1. The third kappa shape index (κ3) is 2.27. The molecule has 1 aromatic carbocycles. The summed E-state index contributed by atoms with van der Waals surface area (Å²) < 4.78 is 25.0. The first kappa shape index (κ1) is 13.4. The highest BCUT2D eigenvalue weighted by Crippen LogP contribution is 2.32. The zero-order valence-electron chi connectivity index (χ0n) is 11.3. The van der Waals surface area contributed by atoms with Gasteiger partial charge in [0.2, 0.25) is 0 Å². The SMILES string of the molecule is CS(=O)(=O)c1ccc(-n2ccc3c2CCCC3O)cc1. The molecule has 1 atom stereocenters.